The lowest BCUT2D eigenvalue weighted by atomic mass is 10.1. The molecule has 142 valence electrons. The van der Waals surface area contributed by atoms with E-state index in [1.165, 1.54) is 31.3 Å². The molecule has 8 heteroatoms. The molecule has 0 heterocycles. The molecular weight excluding hydrogens is 364 g/mol. The van der Waals surface area contributed by atoms with Crippen LogP contribution in [0.15, 0.2) is 29.2 Å². The standard InChI is InChI=1S/C17H27ClN2O4S/c1-5-15(6-2)20(11-12-24-4)17(21)13-19(3)25(22,23)16-9-7-14(18)8-10-16/h7-10,15H,5-6,11-13H2,1-4H3. The Balaban J connectivity index is 2.92. The van der Waals surface area contributed by atoms with Crippen molar-refractivity contribution >= 4 is 27.5 Å². The van der Waals surface area contributed by atoms with Crippen molar-refractivity contribution in [1.82, 2.24) is 9.21 Å². The van der Waals surface area contributed by atoms with E-state index in [0.717, 1.165) is 17.1 Å². The average molecular weight is 391 g/mol. The van der Waals surface area contributed by atoms with Gasteiger partial charge in [-0.05, 0) is 37.1 Å². The minimum Gasteiger partial charge on any atom is -0.383 e. The maximum Gasteiger partial charge on any atom is 0.243 e. The molecule has 0 aliphatic heterocycles. The topological polar surface area (TPSA) is 66.9 Å². The molecule has 0 radical (unpaired) electrons. The summed E-state index contributed by atoms with van der Waals surface area (Å²) >= 11 is 5.80. The van der Waals surface area contributed by atoms with Crippen molar-refractivity contribution in [3.63, 3.8) is 0 Å². The van der Waals surface area contributed by atoms with E-state index in [1.807, 2.05) is 13.8 Å². The predicted octanol–water partition coefficient (Wildman–Crippen LogP) is 2.62. The maximum atomic E-state index is 12.7. The second kappa shape index (κ2) is 10.1. The van der Waals surface area contributed by atoms with Crippen molar-refractivity contribution in [3.8, 4) is 0 Å². The first-order valence-electron chi connectivity index (χ1n) is 8.28. The van der Waals surface area contributed by atoms with Crippen LogP contribution in [0.3, 0.4) is 0 Å². The fourth-order valence-corrected chi connectivity index (χ4v) is 3.83. The molecule has 0 N–H and O–H groups in total. The molecule has 1 rings (SSSR count). The van der Waals surface area contributed by atoms with Crippen LogP contribution in [0.25, 0.3) is 0 Å². The highest BCUT2D eigenvalue weighted by molar-refractivity contribution is 7.89. The van der Waals surface area contributed by atoms with E-state index in [4.69, 9.17) is 16.3 Å². The van der Waals surface area contributed by atoms with E-state index in [0.29, 0.717) is 18.2 Å². The molecule has 0 fully saturated rings. The lowest BCUT2D eigenvalue weighted by molar-refractivity contribution is -0.134. The highest BCUT2D eigenvalue weighted by atomic mass is 35.5. The number of ether oxygens (including phenoxy) is 1. The molecule has 0 aliphatic carbocycles. The van der Waals surface area contributed by atoms with Gasteiger partial charge in [0.05, 0.1) is 18.0 Å². The summed E-state index contributed by atoms with van der Waals surface area (Å²) < 4.78 is 31.4. The quantitative estimate of drug-likeness (QED) is 0.616. The Bertz CT molecular complexity index is 645. The third-order valence-electron chi connectivity index (χ3n) is 4.12. The molecule has 0 spiro atoms. The van der Waals surface area contributed by atoms with Gasteiger partial charge in [-0.3, -0.25) is 4.79 Å². The Morgan fingerprint density at radius 3 is 2.24 bits per heavy atom. The van der Waals surface area contributed by atoms with Crippen LogP contribution >= 0.6 is 11.6 Å². The van der Waals surface area contributed by atoms with Gasteiger partial charge in [-0.1, -0.05) is 25.4 Å². The SMILES string of the molecule is CCC(CC)N(CCOC)C(=O)CN(C)S(=O)(=O)c1ccc(Cl)cc1. The van der Waals surface area contributed by atoms with E-state index in [9.17, 15) is 13.2 Å². The van der Waals surface area contributed by atoms with Gasteiger partial charge in [-0.15, -0.1) is 0 Å². The van der Waals surface area contributed by atoms with Crippen molar-refractivity contribution < 1.29 is 17.9 Å². The van der Waals surface area contributed by atoms with Gasteiger partial charge in [0.2, 0.25) is 15.9 Å². The Hall–Kier alpha value is -1.15. The number of carbonyl (C=O) groups is 1. The normalized spacial score (nSPS) is 12.0. The Morgan fingerprint density at radius 1 is 1.20 bits per heavy atom. The summed E-state index contributed by atoms with van der Waals surface area (Å²) in [5.74, 6) is -0.231. The third kappa shape index (κ3) is 5.95. The minimum absolute atomic E-state index is 0.0642. The number of methoxy groups -OCH3 is 1. The Labute approximate surface area is 155 Å². The Morgan fingerprint density at radius 2 is 1.76 bits per heavy atom. The van der Waals surface area contributed by atoms with Gasteiger partial charge in [0.25, 0.3) is 0 Å². The van der Waals surface area contributed by atoms with Crippen LogP contribution in [0.2, 0.25) is 5.02 Å². The fourth-order valence-electron chi connectivity index (χ4n) is 2.58. The van der Waals surface area contributed by atoms with Crippen molar-refractivity contribution in [2.24, 2.45) is 0 Å². The lowest BCUT2D eigenvalue weighted by Gasteiger charge is -2.31. The minimum atomic E-state index is -3.75. The van der Waals surface area contributed by atoms with E-state index in [2.05, 4.69) is 0 Å². The number of carbonyl (C=O) groups excluding carboxylic acids is 1. The largest absolute Gasteiger partial charge is 0.383 e. The number of benzene rings is 1. The molecule has 0 bridgehead atoms. The van der Waals surface area contributed by atoms with Crippen LogP contribution in [-0.2, 0) is 19.6 Å². The highest BCUT2D eigenvalue weighted by Crippen LogP contribution is 2.18. The molecule has 0 aliphatic rings. The van der Waals surface area contributed by atoms with Gasteiger partial charge < -0.3 is 9.64 Å². The highest BCUT2D eigenvalue weighted by Gasteiger charge is 2.27. The maximum absolute atomic E-state index is 12.7. The summed E-state index contributed by atoms with van der Waals surface area (Å²) in [5.41, 5.74) is 0. The van der Waals surface area contributed by atoms with Crippen molar-refractivity contribution in [2.45, 2.75) is 37.6 Å². The van der Waals surface area contributed by atoms with Crippen molar-refractivity contribution in [1.29, 1.82) is 0 Å². The van der Waals surface area contributed by atoms with Crippen molar-refractivity contribution in [3.05, 3.63) is 29.3 Å². The molecule has 25 heavy (non-hydrogen) atoms. The summed E-state index contributed by atoms with van der Waals surface area (Å²) in [4.78, 5) is 14.5. The number of amides is 1. The zero-order valence-corrected chi connectivity index (χ0v) is 16.8. The molecule has 0 atom stereocenters. The van der Waals surface area contributed by atoms with E-state index in [1.54, 1.807) is 12.0 Å². The number of rotatable bonds is 10. The van der Waals surface area contributed by atoms with E-state index >= 15 is 0 Å². The van der Waals surface area contributed by atoms with Crippen LogP contribution in [0.1, 0.15) is 26.7 Å². The van der Waals surface area contributed by atoms with Crippen LogP contribution in [0.5, 0.6) is 0 Å². The molecule has 0 saturated carbocycles. The van der Waals surface area contributed by atoms with Gasteiger partial charge in [0, 0.05) is 31.8 Å². The first-order chi connectivity index (χ1) is 11.8. The molecule has 0 unspecified atom stereocenters. The molecule has 1 aromatic carbocycles. The molecular formula is C17H27ClN2O4S. The summed E-state index contributed by atoms with van der Waals surface area (Å²) in [6.07, 6.45) is 1.61. The van der Waals surface area contributed by atoms with Gasteiger partial charge in [0.15, 0.2) is 0 Å². The summed E-state index contributed by atoms with van der Waals surface area (Å²) in [6, 6.07) is 5.96. The summed E-state index contributed by atoms with van der Waals surface area (Å²) in [7, 11) is -0.766. The van der Waals surface area contributed by atoms with Gasteiger partial charge in [-0.25, -0.2) is 8.42 Å². The summed E-state index contributed by atoms with van der Waals surface area (Å²) in [6.45, 7) is 4.66. The van der Waals surface area contributed by atoms with Gasteiger partial charge in [0.1, 0.15) is 0 Å². The fraction of sp³-hybridized carbons (Fsp3) is 0.588. The zero-order valence-electron chi connectivity index (χ0n) is 15.2. The Kier molecular flexibility index (Phi) is 8.85. The monoisotopic (exact) mass is 390 g/mol. The zero-order chi connectivity index (χ0) is 19.0. The third-order valence-corrected chi connectivity index (χ3v) is 6.19. The molecule has 0 saturated heterocycles. The van der Waals surface area contributed by atoms with E-state index < -0.39 is 10.0 Å². The second-order valence-corrected chi connectivity index (χ2v) is 8.25. The first kappa shape index (κ1) is 21.9. The van der Waals surface area contributed by atoms with Crippen LogP contribution in [-0.4, -0.2) is 63.4 Å². The van der Waals surface area contributed by atoms with Crippen LogP contribution in [0, 0.1) is 0 Å². The number of hydrogen-bond donors (Lipinski definition) is 0. The number of hydrogen-bond acceptors (Lipinski definition) is 4. The molecule has 1 aromatic rings. The summed E-state index contributed by atoms with van der Waals surface area (Å²) in [5, 5.41) is 0.456. The molecule has 0 aromatic heterocycles. The average Bonchev–Trinajstić information content (AvgIpc) is 2.58. The lowest BCUT2D eigenvalue weighted by Crippen LogP contribution is -2.47. The van der Waals surface area contributed by atoms with Crippen LogP contribution in [0.4, 0.5) is 0 Å². The number of halogens is 1. The van der Waals surface area contributed by atoms with Gasteiger partial charge in [-0.2, -0.15) is 4.31 Å². The number of likely N-dealkylation sites (N-methyl/N-ethyl adjacent to an activating group) is 1. The smallest absolute Gasteiger partial charge is 0.243 e. The first-order valence-corrected chi connectivity index (χ1v) is 10.1. The van der Waals surface area contributed by atoms with Crippen molar-refractivity contribution in [2.75, 3.05) is 33.9 Å². The van der Waals surface area contributed by atoms with E-state index in [-0.39, 0.29) is 23.4 Å². The van der Waals surface area contributed by atoms with Gasteiger partial charge >= 0.3 is 0 Å². The predicted molar refractivity (Wildman–Crippen MR) is 99.2 cm³/mol. The number of nitrogens with zero attached hydrogens (tertiary/aromatic N) is 2. The molecule has 6 nitrogen and oxygen atoms in total. The second-order valence-electron chi connectivity index (χ2n) is 5.77. The molecule has 1 amide bonds. The van der Waals surface area contributed by atoms with Crippen LogP contribution < -0.4 is 0 Å². The number of sulfonamides is 1.